The molecule has 1 aromatic rings. The molecule has 0 heterocycles. The van der Waals surface area contributed by atoms with E-state index >= 15 is 0 Å². The molecule has 0 saturated carbocycles. The van der Waals surface area contributed by atoms with Crippen LogP contribution in [0.5, 0.6) is 0 Å². The molecule has 60 valence electrons. The highest BCUT2D eigenvalue weighted by atomic mass is 127. The van der Waals surface area contributed by atoms with Crippen LogP contribution in [0.3, 0.4) is 0 Å². The van der Waals surface area contributed by atoms with Crippen LogP contribution in [0.15, 0.2) is 18.2 Å². The van der Waals surface area contributed by atoms with E-state index in [1.165, 1.54) is 0 Å². The monoisotopic (exact) mass is 281 g/mol. The van der Waals surface area contributed by atoms with Crippen LogP contribution in [0.1, 0.15) is 18.5 Å². The molecule has 0 radical (unpaired) electrons. The van der Waals surface area contributed by atoms with Gasteiger partial charge in [0, 0.05) is 14.6 Å². The molecule has 0 fully saturated rings. The van der Waals surface area contributed by atoms with Gasteiger partial charge in [-0.25, -0.2) is 0 Å². The summed E-state index contributed by atoms with van der Waals surface area (Å²) in [5.74, 6) is 0. The highest BCUT2D eigenvalue weighted by Crippen LogP contribution is 2.23. The minimum atomic E-state index is 0.0134. The number of hydrogen-bond donors (Lipinski definition) is 1. The van der Waals surface area contributed by atoms with E-state index in [1.54, 1.807) is 0 Å². The molecule has 0 aliphatic rings. The van der Waals surface area contributed by atoms with Gasteiger partial charge in [0.25, 0.3) is 0 Å². The second-order valence-corrected chi connectivity index (χ2v) is 4.11. The van der Waals surface area contributed by atoms with Crippen molar-refractivity contribution in [3.63, 3.8) is 0 Å². The lowest BCUT2D eigenvalue weighted by Gasteiger charge is -2.07. The standard InChI is InChI=1S/C8H9ClIN/c1-5(11)7-3-2-6(10)4-8(7)9/h2-5H,11H2,1H3/t5-/m0/s1. The lowest BCUT2D eigenvalue weighted by molar-refractivity contribution is 0.818. The van der Waals surface area contributed by atoms with E-state index in [2.05, 4.69) is 22.6 Å². The van der Waals surface area contributed by atoms with Crippen molar-refractivity contribution in [2.75, 3.05) is 0 Å². The average molecular weight is 282 g/mol. The summed E-state index contributed by atoms with van der Waals surface area (Å²) in [6.45, 7) is 1.92. The zero-order valence-electron chi connectivity index (χ0n) is 6.14. The van der Waals surface area contributed by atoms with Gasteiger partial charge in [0.2, 0.25) is 0 Å². The minimum absolute atomic E-state index is 0.0134. The lowest BCUT2D eigenvalue weighted by Crippen LogP contribution is -2.05. The van der Waals surface area contributed by atoms with E-state index in [0.29, 0.717) is 0 Å². The van der Waals surface area contributed by atoms with Crippen LogP contribution in [0.2, 0.25) is 5.02 Å². The summed E-state index contributed by atoms with van der Waals surface area (Å²) in [5, 5.41) is 0.756. The number of hydrogen-bond acceptors (Lipinski definition) is 1. The summed E-state index contributed by atoms with van der Waals surface area (Å²) < 4.78 is 1.14. The summed E-state index contributed by atoms with van der Waals surface area (Å²) >= 11 is 8.16. The Morgan fingerprint density at radius 3 is 2.64 bits per heavy atom. The summed E-state index contributed by atoms with van der Waals surface area (Å²) in [5.41, 5.74) is 6.68. The Morgan fingerprint density at radius 1 is 1.55 bits per heavy atom. The first-order valence-corrected chi connectivity index (χ1v) is 4.77. The molecule has 3 heteroatoms. The fourth-order valence-electron chi connectivity index (χ4n) is 0.871. The minimum Gasteiger partial charge on any atom is -0.324 e. The number of nitrogens with two attached hydrogens (primary N) is 1. The molecule has 0 spiro atoms. The Kier molecular flexibility index (Phi) is 3.16. The second kappa shape index (κ2) is 3.74. The fraction of sp³-hybridized carbons (Fsp3) is 0.250. The Morgan fingerprint density at radius 2 is 2.18 bits per heavy atom. The highest BCUT2D eigenvalue weighted by Gasteiger charge is 2.03. The van der Waals surface area contributed by atoms with Gasteiger partial charge in [-0.2, -0.15) is 0 Å². The van der Waals surface area contributed by atoms with Crippen molar-refractivity contribution in [3.8, 4) is 0 Å². The van der Waals surface area contributed by atoms with E-state index in [0.717, 1.165) is 14.2 Å². The van der Waals surface area contributed by atoms with E-state index in [-0.39, 0.29) is 6.04 Å². The molecule has 11 heavy (non-hydrogen) atoms. The normalized spacial score (nSPS) is 13.1. The largest absolute Gasteiger partial charge is 0.324 e. The maximum Gasteiger partial charge on any atom is 0.0464 e. The Bertz CT molecular complexity index is 260. The van der Waals surface area contributed by atoms with E-state index in [9.17, 15) is 0 Å². The molecular weight excluding hydrogens is 272 g/mol. The van der Waals surface area contributed by atoms with Gasteiger partial charge in [-0.05, 0) is 47.2 Å². The lowest BCUT2D eigenvalue weighted by atomic mass is 10.1. The van der Waals surface area contributed by atoms with Crippen molar-refractivity contribution in [2.45, 2.75) is 13.0 Å². The molecule has 1 rings (SSSR count). The predicted octanol–water partition coefficient (Wildman–Crippen LogP) is 2.96. The van der Waals surface area contributed by atoms with Crippen LogP contribution < -0.4 is 5.73 Å². The maximum atomic E-state index is 5.94. The smallest absolute Gasteiger partial charge is 0.0464 e. The van der Waals surface area contributed by atoms with Crippen molar-refractivity contribution >= 4 is 34.2 Å². The predicted molar refractivity (Wildman–Crippen MR) is 56.8 cm³/mol. The number of rotatable bonds is 1. The van der Waals surface area contributed by atoms with E-state index < -0.39 is 0 Å². The van der Waals surface area contributed by atoms with Crippen LogP contribution in [-0.4, -0.2) is 0 Å². The molecule has 1 nitrogen and oxygen atoms in total. The van der Waals surface area contributed by atoms with Gasteiger partial charge in [-0.1, -0.05) is 17.7 Å². The van der Waals surface area contributed by atoms with Gasteiger partial charge in [-0.15, -0.1) is 0 Å². The molecule has 0 aliphatic carbocycles. The topological polar surface area (TPSA) is 26.0 Å². The van der Waals surface area contributed by atoms with Crippen molar-refractivity contribution in [3.05, 3.63) is 32.4 Å². The summed E-state index contributed by atoms with van der Waals surface area (Å²) in [7, 11) is 0. The van der Waals surface area contributed by atoms with Crippen molar-refractivity contribution in [2.24, 2.45) is 5.73 Å². The molecular formula is C8H9ClIN. The van der Waals surface area contributed by atoms with Gasteiger partial charge < -0.3 is 5.73 Å². The van der Waals surface area contributed by atoms with Crippen molar-refractivity contribution in [1.82, 2.24) is 0 Å². The van der Waals surface area contributed by atoms with Gasteiger partial charge in [0.05, 0.1) is 0 Å². The third-order valence-corrected chi connectivity index (χ3v) is 2.45. The SMILES string of the molecule is C[C@H](N)c1ccc(I)cc1Cl. The van der Waals surface area contributed by atoms with Crippen LogP contribution >= 0.6 is 34.2 Å². The number of benzene rings is 1. The van der Waals surface area contributed by atoms with Crippen LogP contribution in [0.25, 0.3) is 0 Å². The molecule has 0 saturated heterocycles. The summed E-state index contributed by atoms with van der Waals surface area (Å²) in [4.78, 5) is 0. The average Bonchev–Trinajstić information content (AvgIpc) is 1.85. The number of halogens is 2. The van der Waals surface area contributed by atoms with Gasteiger partial charge in [-0.3, -0.25) is 0 Å². The van der Waals surface area contributed by atoms with Crippen LogP contribution in [0, 0.1) is 3.57 Å². The molecule has 0 unspecified atom stereocenters. The quantitative estimate of drug-likeness (QED) is 0.787. The Labute approximate surface area is 85.1 Å². The van der Waals surface area contributed by atoms with E-state index in [1.807, 2.05) is 25.1 Å². The molecule has 0 aromatic heterocycles. The Balaban J connectivity index is 3.09. The molecule has 1 aromatic carbocycles. The Hall–Kier alpha value is 0.200. The molecule has 0 bridgehead atoms. The van der Waals surface area contributed by atoms with E-state index in [4.69, 9.17) is 17.3 Å². The third kappa shape index (κ3) is 2.32. The van der Waals surface area contributed by atoms with Crippen LogP contribution in [0.4, 0.5) is 0 Å². The first-order chi connectivity index (χ1) is 5.11. The van der Waals surface area contributed by atoms with Crippen molar-refractivity contribution < 1.29 is 0 Å². The molecule has 0 amide bonds. The highest BCUT2D eigenvalue weighted by molar-refractivity contribution is 14.1. The van der Waals surface area contributed by atoms with Gasteiger partial charge in [0.15, 0.2) is 0 Å². The molecule has 2 N–H and O–H groups in total. The summed E-state index contributed by atoms with van der Waals surface area (Å²) in [6.07, 6.45) is 0. The zero-order chi connectivity index (χ0) is 8.43. The first-order valence-electron chi connectivity index (χ1n) is 3.32. The van der Waals surface area contributed by atoms with Gasteiger partial charge in [0.1, 0.15) is 0 Å². The fourth-order valence-corrected chi connectivity index (χ4v) is 1.90. The van der Waals surface area contributed by atoms with Gasteiger partial charge >= 0.3 is 0 Å². The third-order valence-electron chi connectivity index (χ3n) is 1.45. The first kappa shape index (κ1) is 9.29. The summed E-state index contributed by atoms with van der Waals surface area (Å²) in [6, 6.07) is 5.90. The second-order valence-electron chi connectivity index (χ2n) is 2.45. The molecule has 1 atom stereocenters. The van der Waals surface area contributed by atoms with Crippen molar-refractivity contribution in [1.29, 1.82) is 0 Å². The maximum absolute atomic E-state index is 5.94. The zero-order valence-corrected chi connectivity index (χ0v) is 9.06. The molecule has 0 aliphatic heterocycles. The van der Waals surface area contributed by atoms with Crippen LogP contribution in [-0.2, 0) is 0 Å².